The molecule has 2 rings (SSSR count). The molecule has 0 aliphatic heterocycles. The van der Waals surface area contributed by atoms with E-state index in [9.17, 15) is 8.42 Å². The molecule has 1 unspecified atom stereocenters. The third-order valence-corrected chi connectivity index (χ3v) is 4.08. The van der Waals surface area contributed by atoms with Crippen LogP contribution < -0.4 is 9.46 Å². The molecule has 0 radical (unpaired) electrons. The first-order valence-corrected chi connectivity index (χ1v) is 7.50. The van der Waals surface area contributed by atoms with Crippen molar-refractivity contribution in [3.63, 3.8) is 0 Å². The minimum absolute atomic E-state index is 0.149. The molecule has 1 heterocycles. The summed E-state index contributed by atoms with van der Waals surface area (Å²) in [6.07, 6.45) is 0. The third kappa shape index (κ3) is 3.31. The van der Waals surface area contributed by atoms with Gasteiger partial charge in [0.05, 0.1) is 17.5 Å². The average molecular weight is 297 g/mol. The second-order valence-corrected chi connectivity index (χ2v) is 5.73. The van der Waals surface area contributed by atoms with E-state index in [1.54, 1.807) is 19.1 Å². The summed E-state index contributed by atoms with van der Waals surface area (Å²) in [6, 6.07) is 5.60. The van der Waals surface area contributed by atoms with Gasteiger partial charge in [0.25, 0.3) is 0 Å². The maximum Gasteiger partial charge on any atom is 0.241 e. The monoisotopic (exact) mass is 297 g/mol. The van der Waals surface area contributed by atoms with Crippen molar-refractivity contribution in [3.8, 4) is 5.75 Å². The summed E-state index contributed by atoms with van der Waals surface area (Å²) >= 11 is 0. The minimum Gasteiger partial charge on any atom is -0.494 e. The van der Waals surface area contributed by atoms with Crippen LogP contribution >= 0.6 is 0 Å². The first-order valence-electron chi connectivity index (χ1n) is 6.01. The zero-order valence-corrected chi connectivity index (χ0v) is 11.9. The van der Waals surface area contributed by atoms with E-state index in [4.69, 9.17) is 4.74 Å². The molecule has 108 valence electrons. The zero-order chi connectivity index (χ0) is 14.6. The van der Waals surface area contributed by atoms with Gasteiger partial charge in [0.15, 0.2) is 5.82 Å². The Morgan fingerprint density at radius 2 is 2.05 bits per heavy atom. The Kier molecular flexibility index (Phi) is 4.30. The van der Waals surface area contributed by atoms with Gasteiger partial charge in [-0.05, 0) is 38.1 Å². The summed E-state index contributed by atoms with van der Waals surface area (Å²) in [4.78, 5) is 0.149. The van der Waals surface area contributed by atoms with Crippen LogP contribution in [0.3, 0.4) is 0 Å². The number of aromatic nitrogens is 4. The van der Waals surface area contributed by atoms with Crippen LogP contribution in [-0.4, -0.2) is 35.6 Å². The van der Waals surface area contributed by atoms with Crippen molar-refractivity contribution in [2.45, 2.75) is 24.8 Å². The van der Waals surface area contributed by atoms with Crippen LogP contribution in [-0.2, 0) is 10.0 Å². The molecular formula is C11H15N5O3S. The van der Waals surface area contributed by atoms with Gasteiger partial charge in [-0.15, -0.1) is 10.2 Å². The Labute approximate surface area is 116 Å². The molecule has 0 fully saturated rings. The Balaban J connectivity index is 2.13. The van der Waals surface area contributed by atoms with E-state index in [0.29, 0.717) is 12.4 Å². The molecule has 0 amide bonds. The lowest BCUT2D eigenvalue weighted by Gasteiger charge is -2.11. The fraction of sp³-hybridized carbons (Fsp3) is 0.364. The van der Waals surface area contributed by atoms with E-state index < -0.39 is 16.1 Å². The van der Waals surface area contributed by atoms with Crippen molar-refractivity contribution in [1.82, 2.24) is 25.3 Å². The number of sulfonamides is 1. The van der Waals surface area contributed by atoms with Crippen molar-refractivity contribution in [3.05, 3.63) is 30.1 Å². The van der Waals surface area contributed by atoms with Crippen molar-refractivity contribution in [2.24, 2.45) is 0 Å². The summed E-state index contributed by atoms with van der Waals surface area (Å²) in [6.45, 7) is 4.02. The minimum atomic E-state index is -3.64. The van der Waals surface area contributed by atoms with Crippen LogP contribution in [0.1, 0.15) is 25.7 Å². The number of benzene rings is 1. The van der Waals surface area contributed by atoms with E-state index in [0.717, 1.165) is 0 Å². The molecule has 0 bridgehead atoms. The largest absolute Gasteiger partial charge is 0.494 e. The number of aromatic amines is 1. The smallest absolute Gasteiger partial charge is 0.241 e. The molecule has 20 heavy (non-hydrogen) atoms. The van der Waals surface area contributed by atoms with Gasteiger partial charge in [0.2, 0.25) is 10.0 Å². The summed E-state index contributed by atoms with van der Waals surface area (Å²) < 4.78 is 32.1. The van der Waals surface area contributed by atoms with E-state index in [1.165, 1.54) is 12.1 Å². The van der Waals surface area contributed by atoms with E-state index in [1.807, 2.05) is 6.92 Å². The lowest BCUT2D eigenvalue weighted by molar-refractivity contribution is 0.340. The van der Waals surface area contributed by atoms with Gasteiger partial charge < -0.3 is 4.74 Å². The second-order valence-electron chi connectivity index (χ2n) is 4.02. The molecule has 2 N–H and O–H groups in total. The van der Waals surface area contributed by atoms with Crippen LogP contribution in [0, 0.1) is 0 Å². The summed E-state index contributed by atoms with van der Waals surface area (Å²) in [5, 5.41) is 13.1. The molecular weight excluding hydrogens is 282 g/mol. The zero-order valence-electron chi connectivity index (χ0n) is 11.1. The average Bonchev–Trinajstić information content (AvgIpc) is 2.93. The molecule has 0 saturated carbocycles. The van der Waals surface area contributed by atoms with Gasteiger partial charge in [-0.25, -0.2) is 13.1 Å². The van der Waals surface area contributed by atoms with Crippen LogP contribution in [0.5, 0.6) is 5.75 Å². The number of nitrogens with zero attached hydrogens (tertiary/aromatic N) is 3. The Morgan fingerprint density at radius 3 is 2.60 bits per heavy atom. The van der Waals surface area contributed by atoms with Crippen molar-refractivity contribution in [1.29, 1.82) is 0 Å². The van der Waals surface area contributed by atoms with Crippen LogP contribution in [0.15, 0.2) is 29.2 Å². The molecule has 0 saturated heterocycles. The van der Waals surface area contributed by atoms with Gasteiger partial charge >= 0.3 is 0 Å². The predicted octanol–water partition coefficient (Wildman–Crippen LogP) is 0.638. The van der Waals surface area contributed by atoms with Crippen molar-refractivity contribution < 1.29 is 13.2 Å². The molecule has 8 nitrogen and oxygen atoms in total. The molecule has 0 aliphatic carbocycles. The normalized spacial score (nSPS) is 13.1. The van der Waals surface area contributed by atoms with E-state index in [2.05, 4.69) is 25.3 Å². The highest BCUT2D eigenvalue weighted by atomic mass is 32.2. The van der Waals surface area contributed by atoms with Gasteiger partial charge in [0.1, 0.15) is 5.75 Å². The van der Waals surface area contributed by atoms with Crippen molar-refractivity contribution in [2.75, 3.05) is 6.61 Å². The fourth-order valence-electron chi connectivity index (χ4n) is 1.59. The maximum atomic E-state index is 12.2. The topological polar surface area (TPSA) is 110 Å². The summed E-state index contributed by atoms with van der Waals surface area (Å²) in [7, 11) is -3.64. The van der Waals surface area contributed by atoms with E-state index >= 15 is 0 Å². The Morgan fingerprint density at radius 1 is 1.35 bits per heavy atom. The van der Waals surface area contributed by atoms with Gasteiger partial charge in [-0.1, -0.05) is 5.21 Å². The molecule has 0 spiro atoms. The highest BCUT2D eigenvalue weighted by Crippen LogP contribution is 2.17. The van der Waals surface area contributed by atoms with Crippen molar-refractivity contribution >= 4 is 10.0 Å². The van der Waals surface area contributed by atoms with Crippen LogP contribution in [0.2, 0.25) is 0 Å². The Hall–Kier alpha value is -2.00. The second kappa shape index (κ2) is 5.97. The SMILES string of the molecule is CCOc1ccc(S(=O)(=O)NC(C)c2nn[nH]n2)cc1. The van der Waals surface area contributed by atoms with Crippen LogP contribution in [0.25, 0.3) is 0 Å². The first-order chi connectivity index (χ1) is 9.53. The number of rotatable bonds is 6. The highest BCUT2D eigenvalue weighted by molar-refractivity contribution is 7.89. The number of H-pyrrole nitrogens is 1. The number of ether oxygens (including phenoxy) is 1. The lowest BCUT2D eigenvalue weighted by Crippen LogP contribution is -2.27. The maximum absolute atomic E-state index is 12.2. The predicted molar refractivity (Wildman–Crippen MR) is 70.5 cm³/mol. The van der Waals surface area contributed by atoms with E-state index in [-0.39, 0.29) is 10.7 Å². The molecule has 1 aromatic heterocycles. The van der Waals surface area contributed by atoms with Gasteiger partial charge in [0, 0.05) is 0 Å². The summed E-state index contributed by atoms with van der Waals surface area (Å²) in [5.74, 6) is 0.900. The van der Waals surface area contributed by atoms with Gasteiger partial charge in [-0.2, -0.15) is 5.21 Å². The number of hydrogen-bond acceptors (Lipinski definition) is 6. The quantitative estimate of drug-likeness (QED) is 0.809. The number of hydrogen-bond donors (Lipinski definition) is 2. The fourth-order valence-corrected chi connectivity index (χ4v) is 2.79. The molecule has 2 aromatic rings. The summed E-state index contributed by atoms with van der Waals surface area (Å²) in [5.41, 5.74) is 0. The van der Waals surface area contributed by atoms with Gasteiger partial charge in [-0.3, -0.25) is 0 Å². The highest BCUT2D eigenvalue weighted by Gasteiger charge is 2.20. The number of tetrazole rings is 1. The number of nitrogens with one attached hydrogen (secondary N) is 2. The third-order valence-electron chi connectivity index (χ3n) is 2.53. The van der Waals surface area contributed by atoms with Crippen LogP contribution in [0.4, 0.5) is 0 Å². The molecule has 9 heteroatoms. The first kappa shape index (κ1) is 14.4. The molecule has 1 aromatic carbocycles. The standard InChI is InChI=1S/C11H15N5O3S/c1-3-19-9-4-6-10(7-5-9)20(17,18)14-8(2)11-12-15-16-13-11/h4-8,14H,3H2,1-2H3,(H,12,13,15,16). The molecule has 1 atom stereocenters. The Bertz CT molecular complexity index is 639. The lowest BCUT2D eigenvalue weighted by atomic mass is 10.3. The molecule has 0 aliphatic rings.